The smallest absolute Gasteiger partial charge is 1.00 e. The Kier molecular flexibility index (Phi) is 18.3. The zero-order chi connectivity index (χ0) is 14.4. The van der Waals surface area contributed by atoms with Crippen molar-refractivity contribution in [1.82, 2.24) is 0 Å². The minimum atomic E-state index is -4.24. The second kappa shape index (κ2) is 16.0. The molecule has 0 aromatic rings. The summed E-state index contributed by atoms with van der Waals surface area (Å²) in [7, 11) is -4.24. The second-order valence-electron chi connectivity index (χ2n) is 5.14. The molecule has 0 saturated heterocycles. The standard InChI is InChI=1S/C14H30O4S.Mg.2H/c1-2-3-4-5-6-7-8-9-10-11-12-13-14-18-19(15,16)17;;;/h2-14H2,1H3,(H,15,16,17);;;/q;+2;2*-1. The molecule has 0 aromatic heterocycles. The van der Waals surface area contributed by atoms with Crippen LogP contribution < -0.4 is 0 Å². The molecule has 0 aliphatic rings. The maximum atomic E-state index is 10.3. The number of hydrogen-bond donors (Lipinski definition) is 1. The van der Waals surface area contributed by atoms with Crippen LogP contribution >= 0.6 is 0 Å². The van der Waals surface area contributed by atoms with E-state index in [1.807, 2.05) is 0 Å². The van der Waals surface area contributed by atoms with Gasteiger partial charge in [-0.3, -0.25) is 4.55 Å². The van der Waals surface area contributed by atoms with E-state index in [2.05, 4.69) is 11.1 Å². The average molecular weight is 321 g/mol. The molecule has 20 heavy (non-hydrogen) atoms. The minimum absolute atomic E-state index is 0. The van der Waals surface area contributed by atoms with Crippen molar-refractivity contribution in [2.75, 3.05) is 6.61 Å². The van der Waals surface area contributed by atoms with Crippen LogP contribution in [0.15, 0.2) is 0 Å². The van der Waals surface area contributed by atoms with Crippen LogP contribution in [0.1, 0.15) is 86.8 Å². The molecule has 0 fully saturated rings. The van der Waals surface area contributed by atoms with Crippen molar-refractivity contribution in [2.24, 2.45) is 0 Å². The topological polar surface area (TPSA) is 63.6 Å². The van der Waals surface area contributed by atoms with Crippen LogP contribution in [0.2, 0.25) is 0 Å². The predicted molar refractivity (Wildman–Crippen MR) is 86.6 cm³/mol. The van der Waals surface area contributed by atoms with Gasteiger partial charge in [0.15, 0.2) is 0 Å². The van der Waals surface area contributed by atoms with Crippen LogP contribution in [0.25, 0.3) is 0 Å². The minimum Gasteiger partial charge on any atom is -1.00 e. The third kappa shape index (κ3) is 20.9. The van der Waals surface area contributed by atoms with Crippen molar-refractivity contribution in [3.05, 3.63) is 0 Å². The Morgan fingerprint density at radius 3 is 1.50 bits per heavy atom. The number of hydrogen-bond acceptors (Lipinski definition) is 3. The van der Waals surface area contributed by atoms with Crippen LogP contribution in [0, 0.1) is 0 Å². The summed E-state index contributed by atoms with van der Waals surface area (Å²) in [5.74, 6) is 0. The van der Waals surface area contributed by atoms with Crippen molar-refractivity contribution < 1.29 is 20.0 Å². The molecule has 0 rings (SSSR count). The van der Waals surface area contributed by atoms with Crippen LogP contribution in [0.4, 0.5) is 0 Å². The van der Waals surface area contributed by atoms with Crippen molar-refractivity contribution in [1.29, 1.82) is 0 Å². The van der Waals surface area contributed by atoms with E-state index in [-0.39, 0.29) is 32.5 Å². The van der Waals surface area contributed by atoms with Gasteiger partial charge in [0.25, 0.3) is 0 Å². The molecule has 0 unspecified atom stereocenters. The molecule has 0 aromatic carbocycles. The van der Waals surface area contributed by atoms with Crippen molar-refractivity contribution in [3.8, 4) is 0 Å². The molecule has 6 heteroatoms. The van der Waals surface area contributed by atoms with E-state index >= 15 is 0 Å². The molecular weight excluding hydrogens is 289 g/mol. The summed E-state index contributed by atoms with van der Waals surface area (Å²) >= 11 is 0. The quantitative estimate of drug-likeness (QED) is 0.293. The zero-order valence-electron chi connectivity index (χ0n) is 15.0. The summed E-state index contributed by atoms with van der Waals surface area (Å²) in [5, 5.41) is 0. The van der Waals surface area contributed by atoms with Gasteiger partial charge in [0, 0.05) is 0 Å². The fourth-order valence-electron chi connectivity index (χ4n) is 2.11. The summed E-state index contributed by atoms with van der Waals surface area (Å²) in [6.45, 7) is 2.33. The fraction of sp³-hybridized carbons (Fsp3) is 1.00. The van der Waals surface area contributed by atoms with Gasteiger partial charge in [-0.25, -0.2) is 4.18 Å². The largest absolute Gasteiger partial charge is 2.00 e. The van der Waals surface area contributed by atoms with E-state index in [9.17, 15) is 8.42 Å². The van der Waals surface area contributed by atoms with Gasteiger partial charge in [-0.2, -0.15) is 8.42 Å². The van der Waals surface area contributed by atoms with Crippen LogP contribution in [-0.2, 0) is 14.6 Å². The van der Waals surface area contributed by atoms with Gasteiger partial charge in [-0.1, -0.05) is 77.6 Å². The Bertz CT molecular complexity index is 291. The van der Waals surface area contributed by atoms with Crippen LogP contribution in [0.3, 0.4) is 0 Å². The first-order valence-electron chi connectivity index (χ1n) is 7.68. The maximum Gasteiger partial charge on any atom is 2.00 e. The monoisotopic (exact) mass is 320 g/mol. The average Bonchev–Trinajstić information content (AvgIpc) is 2.34. The Hall–Kier alpha value is 0.636. The van der Waals surface area contributed by atoms with E-state index < -0.39 is 10.4 Å². The Balaban J connectivity index is -0.000000540. The Morgan fingerprint density at radius 1 is 0.800 bits per heavy atom. The summed E-state index contributed by atoms with van der Waals surface area (Å²) in [5.41, 5.74) is 0. The van der Waals surface area contributed by atoms with Crippen molar-refractivity contribution >= 4 is 33.5 Å². The normalized spacial score (nSPS) is 11.3. The SMILES string of the molecule is CCCCCCCCCCCCCCOS(=O)(=O)O.[H-].[H-].[Mg+2]. The molecule has 0 heterocycles. The summed E-state index contributed by atoms with van der Waals surface area (Å²) in [6.07, 6.45) is 14.7. The summed E-state index contributed by atoms with van der Waals surface area (Å²) in [4.78, 5) is 0. The van der Waals surface area contributed by atoms with E-state index in [4.69, 9.17) is 4.55 Å². The van der Waals surface area contributed by atoms with Crippen molar-refractivity contribution in [2.45, 2.75) is 84.0 Å². The summed E-state index contributed by atoms with van der Waals surface area (Å²) < 4.78 is 33.1. The van der Waals surface area contributed by atoms with Gasteiger partial charge in [-0.05, 0) is 6.42 Å². The third-order valence-electron chi connectivity index (χ3n) is 3.23. The van der Waals surface area contributed by atoms with Crippen LogP contribution in [-0.4, -0.2) is 42.6 Å². The molecular formula is C14H32MgO4S. The predicted octanol–water partition coefficient (Wildman–Crippen LogP) is 4.35. The molecule has 0 bridgehead atoms. The van der Waals surface area contributed by atoms with Gasteiger partial charge >= 0.3 is 33.5 Å². The zero-order valence-corrected chi connectivity index (χ0v) is 15.2. The van der Waals surface area contributed by atoms with Crippen LogP contribution in [0.5, 0.6) is 0 Å². The molecule has 4 nitrogen and oxygen atoms in total. The second-order valence-corrected chi connectivity index (χ2v) is 6.23. The molecule has 0 radical (unpaired) electrons. The first-order valence-corrected chi connectivity index (χ1v) is 9.04. The molecule has 0 aliphatic heterocycles. The molecule has 1 N–H and O–H groups in total. The molecule has 0 amide bonds. The van der Waals surface area contributed by atoms with Crippen molar-refractivity contribution in [3.63, 3.8) is 0 Å². The maximum absolute atomic E-state index is 10.3. The molecule has 0 spiro atoms. The van der Waals surface area contributed by atoms with E-state index in [1.165, 1.54) is 57.8 Å². The molecule has 0 saturated carbocycles. The molecule has 0 atom stereocenters. The number of unbranched alkanes of at least 4 members (excludes halogenated alkanes) is 11. The Labute approximate surface area is 144 Å². The molecule has 120 valence electrons. The number of rotatable bonds is 14. The summed E-state index contributed by atoms with van der Waals surface area (Å²) in [6, 6.07) is 0. The molecule has 0 aliphatic carbocycles. The van der Waals surface area contributed by atoms with Gasteiger partial charge in [0.1, 0.15) is 0 Å². The third-order valence-corrected chi connectivity index (χ3v) is 3.69. The van der Waals surface area contributed by atoms with E-state index in [0.29, 0.717) is 6.42 Å². The Morgan fingerprint density at radius 2 is 1.15 bits per heavy atom. The van der Waals surface area contributed by atoms with Gasteiger partial charge in [0.05, 0.1) is 6.61 Å². The van der Waals surface area contributed by atoms with E-state index in [0.717, 1.165) is 12.8 Å². The van der Waals surface area contributed by atoms with Gasteiger partial charge < -0.3 is 2.85 Å². The van der Waals surface area contributed by atoms with Gasteiger partial charge in [-0.15, -0.1) is 0 Å². The first kappa shape index (κ1) is 22.9. The fourth-order valence-corrected chi connectivity index (χ4v) is 2.44. The van der Waals surface area contributed by atoms with Gasteiger partial charge in [0.2, 0.25) is 0 Å². The van der Waals surface area contributed by atoms with E-state index in [1.54, 1.807) is 0 Å². The first-order chi connectivity index (χ1) is 9.06.